The summed E-state index contributed by atoms with van der Waals surface area (Å²) in [5.41, 5.74) is -2.53. The summed E-state index contributed by atoms with van der Waals surface area (Å²) in [5.74, 6) is -1.39. The second-order valence-corrected chi connectivity index (χ2v) is 7.85. The molecule has 1 amide bonds. The average Bonchev–Trinajstić information content (AvgIpc) is 2.42. The second-order valence-electron chi connectivity index (χ2n) is 6.93. The molecular formula is C16H21BrF2N2O2. The quantitative estimate of drug-likeness (QED) is 0.666. The van der Waals surface area contributed by atoms with Crippen LogP contribution in [0.1, 0.15) is 39.7 Å². The molecule has 0 N–H and O–H groups in total. The van der Waals surface area contributed by atoms with Crippen molar-refractivity contribution in [1.29, 1.82) is 0 Å². The van der Waals surface area contributed by atoms with Gasteiger partial charge in [0.25, 0.3) is 0 Å². The minimum absolute atomic E-state index is 0.00244. The smallest absolute Gasteiger partial charge is 0.410 e. The molecule has 0 bridgehead atoms. The molecule has 23 heavy (non-hydrogen) atoms. The highest BCUT2D eigenvalue weighted by molar-refractivity contribution is 9.10. The summed E-state index contributed by atoms with van der Waals surface area (Å²) in [6, 6.07) is 1.42. The van der Waals surface area contributed by atoms with Gasteiger partial charge in [0.1, 0.15) is 11.3 Å². The first-order valence-electron chi connectivity index (χ1n) is 7.51. The molecule has 0 aliphatic carbocycles. The highest BCUT2D eigenvalue weighted by Gasteiger charge is 2.46. The molecule has 1 aromatic rings. The Labute approximate surface area is 143 Å². The molecular weight excluding hydrogens is 370 g/mol. The Morgan fingerprint density at radius 3 is 2.74 bits per heavy atom. The van der Waals surface area contributed by atoms with Crippen molar-refractivity contribution in [3.05, 3.63) is 28.2 Å². The fraction of sp³-hybridized carbons (Fsp3) is 0.625. The van der Waals surface area contributed by atoms with Gasteiger partial charge >= 0.3 is 6.09 Å². The lowest BCUT2D eigenvalue weighted by atomic mass is 9.79. The summed E-state index contributed by atoms with van der Waals surface area (Å²) in [7, 11) is 0. The molecule has 0 spiro atoms. The standard InChI is InChI=1S/C16H21BrF2N2O2/c1-10-9-21(14(22)23-15(2,3)4)6-5-16(10,19)12-7-11(17)8-20-13(12)18/h7-8,10H,5-6,9H2,1-4H3/t10-,16-/m1/s1. The highest BCUT2D eigenvalue weighted by Crippen LogP contribution is 2.42. The first kappa shape index (κ1) is 18.1. The van der Waals surface area contributed by atoms with Gasteiger partial charge in [-0.05, 0) is 42.8 Å². The van der Waals surface area contributed by atoms with Crippen molar-refractivity contribution in [2.45, 2.75) is 45.4 Å². The molecule has 1 aromatic heterocycles. The van der Waals surface area contributed by atoms with Crippen LogP contribution in [0.15, 0.2) is 16.7 Å². The van der Waals surface area contributed by atoms with E-state index in [9.17, 15) is 9.18 Å². The van der Waals surface area contributed by atoms with Crippen LogP contribution in [0.3, 0.4) is 0 Å². The van der Waals surface area contributed by atoms with Gasteiger partial charge in [-0.3, -0.25) is 0 Å². The summed E-state index contributed by atoms with van der Waals surface area (Å²) in [6.45, 7) is 7.33. The van der Waals surface area contributed by atoms with Crippen molar-refractivity contribution >= 4 is 22.0 Å². The molecule has 2 heterocycles. The zero-order valence-electron chi connectivity index (χ0n) is 13.7. The molecule has 4 nitrogen and oxygen atoms in total. The normalized spacial score (nSPS) is 25.3. The second kappa shape index (κ2) is 6.34. The lowest BCUT2D eigenvalue weighted by molar-refractivity contribution is -0.0232. The maximum atomic E-state index is 15.4. The van der Waals surface area contributed by atoms with Crippen molar-refractivity contribution in [2.75, 3.05) is 13.1 Å². The van der Waals surface area contributed by atoms with Crippen LogP contribution in [0.4, 0.5) is 13.6 Å². The van der Waals surface area contributed by atoms with E-state index >= 15 is 4.39 Å². The van der Waals surface area contributed by atoms with Crippen LogP contribution in [-0.4, -0.2) is 34.7 Å². The van der Waals surface area contributed by atoms with Gasteiger partial charge in [0.05, 0.1) is 0 Å². The Kier molecular flexibility index (Phi) is 4.99. The Balaban J connectivity index is 2.17. The number of aromatic nitrogens is 1. The van der Waals surface area contributed by atoms with Crippen LogP contribution < -0.4 is 0 Å². The number of ether oxygens (including phenoxy) is 1. The maximum absolute atomic E-state index is 15.4. The lowest BCUT2D eigenvalue weighted by Crippen LogP contribution is -2.50. The number of piperidine rings is 1. The largest absolute Gasteiger partial charge is 0.444 e. The Morgan fingerprint density at radius 2 is 2.17 bits per heavy atom. The minimum atomic E-state index is -1.86. The van der Waals surface area contributed by atoms with Crippen molar-refractivity contribution in [3.63, 3.8) is 0 Å². The van der Waals surface area contributed by atoms with Crippen LogP contribution in [0.2, 0.25) is 0 Å². The van der Waals surface area contributed by atoms with Crippen LogP contribution in [0, 0.1) is 11.9 Å². The molecule has 1 fully saturated rings. The van der Waals surface area contributed by atoms with Gasteiger partial charge in [-0.1, -0.05) is 6.92 Å². The number of nitrogens with zero attached hydrogens (tertiary/aromatic N) is 2. The molecule has 2 rings (SSSR count). The third-order valence-corrected chi connectivity index (χ3v) is 4.36. The van der Waals surface area contributed by atoms with Crippen LogP contribution in [0.5, 0.6) is 0 Å². The highest BCUT2D eigenvalue weighted by atomic mass is 79.9. The molecule has 0 unspecified atom stereocenters. The van der Waals surface area contributed by atoms with E-state index in [1.54, 1.807) is 27.7 Å². The average molecular weight is 391 g/mol. The molecule has 1 saturated heterocycles. The Bertz CT molecular complexity index is 606. The van der Waals surface area contributed by atoms with Crippen molar-refractivity contribution in [2.24, 2.45) is 5.92 Å². The third kappa shape index (κ3) is 4.00. The summed E-state index contributed by atoms with van der Waals surface area (Å²) in [4.78, 5) is 17.2. The fourth-order valence-electron chi connectivity index (χ4n) is 2.72. The molecule has 1 aliphatic rings. The topological polar surface area (TPSA) is 42.4 Å². The Morgan fingerprint density at radius 1 is 1.52 bits per heavy atom. The molecule has 0 aromatic carbocycles. The number of hydrogen-bond donors (Lipinski definition) is 0. The number of alkyl halides is 1. The van der Waals surface area contributed by atoms with Gasteiger partial charge in [0, 0.05) is 41.7 Å². The van der Waals surface area contributed by atoms with Gasteiger partial charge in [-0.25, -0.2) is 14.2 Å². The summed E-state index contributed by atoms with van der Waals surface area (Å²) >= 11 is 3.19. The van der Waals surface area contributed by atoms with E-state index in [1.165, 1.54) is 17.2 Å². The summed E-state index contributed by atoms with van der Waals surface area (Å²) in [6.07, 6.45) is 0.824. The lowest BCUT2D eigenvalue weighted by Gasteiger charge is -2.41. The van der Waals surface area contributed by atoms with E-state index in [0.717, 1.165) is 0 Å². The number of carbonyl (C=O) groups is 1. The van der Waals surface area contributed by atoms with Crippen LogP contribution in [-0.2, 0) is 10.4 Å². The number of hydrogen-bond acceptors (Lipinski definition) is 3. The number of rotatable bonds is 1. The van der Waals surface area contributed by atoms with Gasteiger partial charge in [0.2, 0.25) is 5.95 Å². The predicted octanol–water partition coefficient (Wildman–Crippen LogP) is 4.42. The SMILES string of the molecule is C[C@@H]1CN(C(=O)OC(C)(C)C)CC[C@]1(F)c1cc(Br)cnc1F. The maximum Gasteiger partial charge on any atom is 0.410 e. The van der Waals surface area contributed by atoms with E-state index < -0.39 is 29.2 Å². The zero-order valence-corrected chi connectivity index (χ0v) is 15.3. The van der Waals surface area contributed by atoms with Crippen molar-refractivity contribution in [1.82, 2.24) is 9.88 Å². The van der Waals surface area contributed by atoms with E-state index in [1.807, 2.05) is 0 Å². The van der Waals surface area contributed by atoms with E-state index in [4.69, 9.17) is 4.74 Å². The van der Waals surface area contributed by atoms with Gasteiger partial charge < -0.3 is 9.64 Å². The van der Waals surface area contributed by atoms with Gasteiger partial charge in [-0.2, -0.15) is 4.39 Å². The molecule has 0 saturated carbocycles. The van der Waals surface area contributed by atoms with Crippen LogP contribution in [0.25, 0.3) is 0 Å². The number of pyridine rings is 1. The van der Waals surface area contributed by atoms with Crippen LogP contribution >= 0.6 is 15.9 Å². The first-order chi connectivity index (χ1) is 10.5. The van der Waals surface area contributed by atoms with Gasteiger partial charge in [-0.15, -0.1) is 0 Å². The number of likely N-dealkylation sites (tertiary alicyclic amines) is 1. The minimum Gasteiger partial charge on any atom is -0.444 e. The zero-order chi connectivity index (χ0) is 17.4. The first-order valence-corrected chi connectivity index (χ1v) is 8.30. The molecule has 128 valence electrons. The monoisotopic (exact) mass is 390 g/mol. The summed E-state index contributed by atoms with van der Waals surface area (Å²) in [5, 5.41) is 0. The number of carbonyl (C=O) groups excluding carboxylic acids is 1. The Hall–Kier alpha value is -1.24. The number of halogens is 3. The molecule has 7 heteroatoms. The van der Waals surface area contributed by atoms with Gasteiger partial charge in [0.15, 0.2) is 0 Å². The molecule has 0 radical (unpaired) electrons. The third-order valence-electron chi connectivity index (χ3n) is 3.93. The summed E-state index contributed by atoms with van der Waals surface area (Å²) < 4.78 is 35.2. The fourth-order valence-corrected chi connectivity index (χ4v) is 3.05. The molecule has 2 atom stereocenters. The van der Waals surface area contributed by atoms with E-state index in [-0.39, 0.29) is 25.1 Å². The van der Waals surface area contributed by atoms with E-state index in [0.29, 0.717) is 4.47 Å². The molecule has 1 aliphatic heterocycles. The van der Waals surface area contributed by atoms with Crippen molar-refractivity contribution < 1.29 is 18.3 Å². The van der Waals surface area contributed by atoms with Crippen molar-refractivity contribution in [3.8, 4) is 0 Å². The predicted molar refractivity (Wildman–Crippen MR) is 86.3 cm³/mol. The van der Waals surface area contributed by atoms with E-state index in [2.05, 4.69) is 20.9 Å². The number of amides is 1.